The lowest BCUT2D eigenvalue weighted by Gasteiger charge is -2.35. The average molecular weight is 401 g/mol. The van der Waals surface area contributed by atoms with E-state index >= 15 is 0 Å². The van der Waals surface area contributed by atoms with Crippen LogP contribution in [0.4, 0.5) is 5.69 Å². The van der Waals surface area contributed by atoms with Gasteiger partial charge in [-0.1, -0.05) is 18.2 Å². The van der Waals surface area contributed by atoms with Crippen molar-refractivity contribution in [2.45, 2.75) is 13.1 Å². The molecular weight excluding hydrogens is 374 g/mol. The number of benzene rings is 2. The SMILES string of the molecule is COc1cc(OC)c(OC)cc1CN1CCN(Cc2ccccc2[N+](=O)[O-])CC1. The first-order chi connectivity index (χ1) is 14.0. The van der Waals surface area contributed by atoms with Crippen molar-refractivity contribution in [3.05, 3.63) is 57.6 Å². The van der Waals surface area contributed by atoms with Gasteiger partial charge in [0, 0.05) is 62.5 Å². The van der Waals surface area contributed by atoms with Crippen molar-refractivity contribution < 1.29 is 19.1 Å². The standard InChI is InChI=1S/C21H27N3O5/c1-27-19-13-21(29-3)20(28-2)12-17(19)15-23-10-8-22(9-11-23)14-16-6-4-5-7-18(16)24(25)26/h4-7,12-13H,8-11,14-15H2,1-3H3. The average Bonchev–Trinajstić information content (AvgIpc) is 2.75. The molecule has 3 rings (SSSR count). The molecule has 2 aromatic rings. The number of nitrogens with zero attached hydrogens (tertiary/aromatic N) is 3. The first kappa shape index (κ1) is 20.9. The Labute approximate surface area is 170 Å². The van der Waals surface area contributed by atoms with E-state index in [0.717, 1.165) is 49.6 Å². The predicted octanol–water partition coefficient (Wildman–Crippen LogP) is 2.94. The maximum Gasteiger partial charge on any atom is 0.273 e. The Bertz CT molecular complexity index is 850. The zero-order valence-corrected chi connectivity index (χ0v) is 17.1. The first-order valence-corrected chi connectivity index (χ1v) is 9.51. The van der Waals surface area contributed by atoms with Gasteiger partial charge >= 0.3 is 0 Å². The molecule has 0 bridgehead atoms. The molecule has 1 fully saturated rings. The first-order valence-electron chi connectivity index (χ1n) is 9.51. The molecule has 0 radical (unpaired) electrons. The van der Waals surface area contributed by atoms with E-state index in [9.17, 15) is 10.1 Å². The van der Waals surface area contributed by atoms with Gasteiger partial charge < -0.3 is 14.2 Å². The Morgan fingerprint density at radius 1 is 0.828 bits per heavy atom. The van der Waals surface area contributed by atoms with Gasteiger partial charge in [0.2, 0.25) is 0 Å². The molecule has 1 aliphatic rings. The van der Waals surface area contributed by atoms with Gasteiger partial charge in [-0.25, -0.2) is 0 Å². The molecule has 0 spiro atoms. The van der Waals surface area contributed by atoms with Crippen LogP contribution in [-0.2, 0) is 13.1 Å². The van der Waals surface area contributed by atoms with Gasteiger partial charge in [-0.15, -0.1) is 0 Å². The number of hydrogen-bond donors (Lipinski definition) is 0. The largest absolute Gasteiger partial charge is 0.496 e. The molecule has 1 heterocycles. The van der Waals surface area contributed by atoms with Gasteiger partial charge in [0.1, 0.15) is 5.75 Å². The highest BCUT2D eigenvalue weighted by Gasteiger charge is 2.22. The lowest BCUT2D eigenvalue weighted by molar-refractivity contribution is -0.385. The number of hydrogen-bond acceptors (Lipinski definition) is 7. The van der Waals surface area contributed by atoms with Crippen molar-refractivity contribution in [3.8, 4) is 17.2 Å². The monoisotopic (exact) mass is 401 g/mol. The third kappa shape index (κ3) is 4.96. The predicted molar refractivity (Wildman–Crippen MR) is 110 cm³/mol. The van der Waals surface area contributed by atoms with Crippen LogP contribution in [0, 0.1) is 10.1 Å². The Balaban J connectivity index is 1.63. The summed E-state index contributed by atoms with van der Waals surface area (Å²) in [7, 11) is 4.87. The second kappa shape index (κ2) is 9.58. The van der Waals surface area contributed by atoms with Crippen LogP contribution in [0.3, 0.4) is 0 Å². The minimum Gasteiger partial charge on any atom is -0.496 e. The van der Waals surface area contributed by atoms with Crippen LogP contribution in [0.2, 0.25) is 0 Å². The molecule has 0 amide bonds. The summed E-state index contributed by atoms with van der Waals surface area (Å²) in [6.07, 6.45) is 0. The highest BCUT2D eigenvalue weighted by molar-refractivity contribution is 5.50. The summed E-state index contributed by atoms with van der Waals surface area (Å²) in [5.74, 6) is 2.09. The van der Waals surface area contributed by atoms with Crippen LogP contribution in [0.15, 0.2) is 36.4 Å². The van der Waals surface area contributed by atoms with E-state index in [-0.39, 0.29) is 10.6 Å². The summed E-state index contributed by atoms with van der Waals surface area (Å²) in [5.41, 5.74) is 1.98. The number of ether oxygens (including phenoxy) is 3. The lowest BCUT2D eigenvalue weighted by atomic mass is 10.1. The molecule has 0 aliphatic carbocycles. The van der Waals surface area contributed by atoms with Crippen LogP contribution in [0.1, 0.15) is 11.1 Å². The molecule has 0 atom stereocenters. The molecule has 0 N–H and O–H groups in total. The van der Waals surface area contributed by atoms with Crippen molar-refractivity contribution in [3.63, 3.8) is 0 Å². The third-order valence-corrected chi connectivity index (χ3v) is 5.23. The van der Waals surface area contributed by atoms with Crippen LogP contribution < -0.4 is 14.2 Å². The van der Waals surface area contributed by atoms with Gasteiger partial charge in [0.05, 0.1) is 26.3 Å². The molecule has 0 saturated carbocycles. The molecular formula is C21H27N3O5. The lowest BCUT2D eigenvalue weighted by Crippen LogP contribution is -2.45. The summed E-state index contributed by atoms with van der Waals surface area (Å²) >= 11 is 0. The zero-order valence-electron chi connectivity index (χ0n) is 17.1. The maximum absolute atomic E-state index is 11.2. The summed E-state index contributed by atoms with van der Waals surface area (Å²) in [6, 6.07) is 10.8. The Hall–Kier alpha value is -2.84. The van der Waals surface area contributed by atoms with Crippen molar-refractivity contribution in [1.29, 1.82) is 0 Å². The van der Waals surface area contributed by atoms with Crippen molar-refractivity contribution in [1.82, 2.24) is 9.80 Å². The fraction of sp³-hybridized carbons (Fsp3) is 0.429. The molecule has 2 aromatic carbocycles. The fourth-order valence-corrected chi connectivity index (χ4v) is 3.63. The minimum atomic E-state index is -0.311. The van der Waals surface area contributed by atoms with E-state index in [0.29, 0.717) is 18.0 Å². The quantitative estimate of drug-likeness (QED) is 0.497. The number of rotatable bonds is 8. The van der Waals surface area contributed by atoms with E-state index < -0.39 is 0 Å². The van der Waals surface area contributed by atoms with Crippen LogP contribution >= 0.6 is 0 Å². The van der Waals surface area contributed by atoms with Crippen molar-refractivity contribution >= 4 is 5.69 Å². The summed E-state index contributed by atoms with van der Waals surface area (Å²) in [4.78, 5) is 15.5. The Kier molecular flexibility index (Phi) is 6.90. The van der Waals surface area contributed by atoms with Crippen LogP contribution in [-0.4, -0.2) is 62.2 Å². The van der Waals surface area contributed by atoms with E-state index in [2.05, 4.69) is 9.80 Å². The molecule has 0 aromatic heterocycles. The van der Waals surface area contributed by atoms with Crippen LogP contribution in [0.5, 0.6) is 17.2 Å². The van der Waals surface area contributed by atoms with Gasteiger partial charge in [0.15, 0.2) is 11.5 Å². The van der Waals surface area contributed by atoms with E-state index in [4.69, 9.17) is 14.2 Å². The number of piperazine rings is 1. The molecule has 1 aliphatic heterocycles. The Morgan fingerprint density at radius 3 is 1.90 bits per heavy atom. The molecule has 29 heavy (non-hydrogen) atoms. The number of nitro groups is 1. The normalized spacial score (nSPS) is 15.1. The molecule has 156 valence electrons. The minimum absolute atomic E-state index is 0.185. The third-order valence-electron chi connectivity index (χ3n) is 5.23. The van der Waals surface area contributed by atoms with Gasteiger partial charge in [-0.2, -0.15) is 0 Å². The molecule has 8 heteroatoms. The van der Waals surface area contributed by atoms with Crippen LogP contribution in [0.25, 0.3) is 0 Å². The Morgan fingerprint density at radius 2 is 1.34 bits per heavy atom. The van der Waals surface area contributed by atoms with Gasteiger partial charge in [-0.3, -0.25) is 19.9 Å². The second-order valence-electron chi connectivity index (χ2n) is 6.96. The molecule has 8 nitrogen and oxygen atoms in total. The van der Waals surface area contributed by atoms with E-state index in [1.165, 1.54) is 0 Å². The summed E-state index contributed by atoms with van der Waals surface area (Å²) < 4.78 is 16.3. The highest BCUT2D eigenvalue weighted by atomic mass is 16.6. The van der Waals surface area contributed by atoms with E-state index in [1.807, 2.05) is 24.3 Å². The number of para-hydroxylation sites is 1. The molecule has 1 saturated heterocycles. The summed E-state index contributed by atoms with van der Waals surface area (Å²) in [6.45, 7) is 4.77. The van der Waals surface area contributed by atoms with Gasteiger partial charge in [-0.05, 0) is 6.07 Å². The van der Waals surface area contributed by atoms with E-state index in [1.54, 1.807) is 33.5 Å². The number of nitro benzene ring substituents is 1. The molecule has 0 unspecified atom stereocenters. The van der Waals surface area contributed by atoms with Gasteiger partial charge in [0.25, 0.3) is 5.69 Å². The highest BCUT2D eigenvalue weighted by Crippen LogP contribution is 2.35. The second-order valence-corrected chi connectivity index (χ2v) is 6.96. The van der Waals surface area contributed by atoms with Crippen molar-refractivity contribution in [2.75, 3.05) is 47.5 Å². The summed E-state index contributed by atoms with van der Waals surface area (Å²) in [5, 5.41) is 11.2. The fourth-order valence-electron chi connectivity index (χ4n) is 3.63. The zero-order chi connectivity index (χ0) is 20.8. The maximum atomic E-state index is 11.2. The van der Waals surface area contributed by atoms with Crippen molar-refractivity contribution in [2.24, 2.45) is 0 Å². The topological polar surface area (TPSA) is 77.3 Å². The number of methoxy groups -OCH3 is 3. The smallest absolute Gasteiger partial charge is 0.273 e.